The second kappa shape index (κ2) is 14.2. The molecule has 36 heavy (non-hydrogen) atoms. The Kier molecular flexibility index (Phi) is 11.4. The summed E-state index contributed by atoms with van der Waals surface area (Å²) in [6.45, 7) is 2.94. The van der Waals surface area contributed by atoms with Gasteiger partial charge in [-0.3, -0.25) is 10.1 Å². The Morgan fingerprint density at radius 1 is 1.42 bits per heavy atom. The fourth-order valence-electron chi connectivity index (χ4n) is 3.60. The van der Waals surface area contributed by atoms with Gasteiger partial charge < -0.3 is 30.9 Å². The van der Waals surface area contributed by atoms with Crippen molar-refractivity contribution >= 4 is 5.97 Å². The summed E-state index contributed by atoms with van der Waals surface area (Å²) in [6.07, 6.45) is 5.27. The number of nitrogens with zero attached hydrogens (tertiary/aromatic N) is 1. The van der Waals surface area contributed by atoms with E-state index in [1.807, 2.05) is 6.08 Å². The van der Waals surface area contributed by atoms with Crippen molar-refractivity contribution in [2.24, 2.45) is 5.73 Å². The summed E-state index contributed by atoms with van der Waals surface area (Å²) in [6, 6.07) is 3.55. The minimum atomic E-state index is -4.48. The van der Waals surface area contributed by atoms with E-state index in [0.717, 1.165) is 30.8 Å². The summed E-state index contributed by atoms with van der Waals surface area (Å²) in [7, 11) is 1.53. The number of halogens is 3. The molecule has 3 rings (SSSR count). The molecule has 2 atom stereocenters. The van der Waals surface area contributed by atoms with Crippen LogP contribution in [-0.4, -0.2) is 55.2 Å². The second-order valence-electron chi connectivity index (χ2n) is 8.12. The van der Waals surface area contributed by atoms with E-state index in [2.05, 4.69) is 21.7 Å². The number of carboxylic acid groups (broad SMARTS) is 1. The van der Waals surface area contributed by atoms with Gasteiger partial charge in [-0.25, -0.2) is 4.98 Å². The van der Waals surface area contributed by atoms with Gasteiger partial charge in [-0.1, -0.05) is 18.2 Å². The highest BCUT2D eigenvalue weighted by molar-refractivity contribution is 5.68. The molecule has 0 saturated carbocycles. The zero-order chi connectivity index (χ0) is 26.6. The SMILES string of the molecule is C/C=C(\NC(F)(F)F)OCCC1C=CC2=C(NCCC2)N1.COc1ccc(C(CN)CC(=O)O)cn1. The average Bonchev–Trinajstić information content (AvgIpc) is 2.86. The first-order valence-electron chi connectivity index (χ1n) is 11.6. The number of pyridine rings is 1. The van der Waals surface area contributed by atoms with Gasteiger partial charge in [0.1, 0.15) is 5.82 Å². The number of aromatic nitrogens is 1. The molecule has 3 heterocycles. The van der Waals surface area contributed by atoms with E-state index >= 15 is 0 Å². The lowest BCUT2D eigenvalue weighted by atomic mass is 9.98. The molecule has 9 nitrogen and oxygen atoms in total. The third-order valence-electron chi connectivity index (χ3n) is 5.46. The standard InChI is InChI=1S/C14H20F3N3O.C10H14N2O3/c1-2-12(20-14(15,16)17)21-9-7-11-6-5-10-4-3-8-18-13(10)19-11;1-15-9-3-2-7(6-12-9)8(5-11)4-10(13)14/h2,5-6,11,18-20H,3-4,7-9H2,1H3;2-3,6,8H,4-5,11H2,1H3,(H,13,14)/b12-2+;. The summed E-state index contributed by atoms with van der Waals surface area (Å²) in [5, 5.41) is 16.7. The average molecular weight is 514 g/mol. The van der Waals surface area contributed by atoms with Crippen LogP contribution in [0.25, 0.3) is 0 Å². The fourth-order valence-corrected chi connectivity index (χ4v) is 3.60. The molecule has 200 valence electrons. The van der Waals surface area contributed by atoms with E-state index in [1.54, 1.807) is 18.3 Å². The number of methoxy groups -OCH3 is 1. The van der Waals surface area contributed by atoms with Gasteiger partial charge >= 0.3 is 12.3 Å². The smallest absolute Gasteiger partial charge is 0.481 e. The molecule has 0 aromatic carbocycles. The van der Waals surface area contributed by atoms with Crippen LogP contribution in [0.1, 0.15) is 44.1 Å². The Labute approximate surface area is 208 Å². The molecule has 2 aliphatic rings. The number of carboxylic acids is 1. The summed E-state index contributed by atoms with van der Waals surface area (Å²) in [4.78, 5) is 14.6. The predicted octanol–water partition coefficient (Wildman–Crippen LogP) is 3.09. The van der Waals surface area contributed by atoms with Gasteiger partial charge in [-0.2, -0.15) is 13.2 Å². The number of rotatable bonds is 10. The van der Waals surface area contributed by atoms with Crippen molar-refractivity contribution in [3.63, 3.8) is 0 Å². The minimum absolute atomic E-state index is 0.0184. The van der Waals surface area contributed by atoms with E-state index in [9.17, 15) is 18.0 Å². The van der Waals surface area contributed by atoms with Crippen molar-refractivity contribution in [1.82, 2.24) is 20.9 Å². The number of aliphatic carboxylic acids is 1. The van der Waals surface area contributed by atoms with Gasteiger partial charge in [0, 0.05) is 37.2 Å². The monoisotopic (exact) mass is 513 g/mol. The van der Waals surface area contributed by atoms with Crippen LogP contribution in [0.15, 0.2) is 53.8 Å². The third-order valence-corrected chi connectivity index (χ3v) is 5.46. The van der Waals surface area contributed by atoms with Gasteiger partial charge in [0.15, 0.2) is 5.88 Å². The molecule has 0 bridgehead atoms. The van der Waals surface area contributed by atoms with Crippen molar-refractivity contribution in [2.45, 2.75) is 50.9 Å². The largest absolute Gasteiger partial charge is 0.484 e. The summed E-state index contributed by atoms with van der Waals surface area (Å²) < 4.78 is 46.6. The molecule has 0 aliphatic carbocycles. The highest BCUT2D eigenvalue weighted by atomic mass is 19.4. The van der Waals surface area contributed by atoms with Crippen molar-refractivity contribution in [3.05, 3.63) is 59.4 Å². The maximum absolute atomic E-state index is 12.2. The fraction of sp³-hybridized carbons (Fsp3) is 0.500. The van der Waals surface area contributed by atoms with Crippen LogP contribution >= 0.6 is 0 Å². The minimum Gasteiger partial charge on any atom is -0.481 e. The van der Waals surface area contributed by atoms with Crippen LogP contribution in [0.5, 0.6) is 5.88 Å². The molecular weight excluding hydrogens is 479 g/mol. The van der Waals surface area contributed by atoms with E-state index < -0.39 is 12.3 Å². The number of hydrogen-bond donors (Lipinski definition) is 5. The number of ether oxygens (including phenoxy) is 2. The number of nitrogens with two attached hydrogens (primary N) is 1. The Hall–Kier alpha value is -3.41. The summed E-state index contributed by atoms with van der Waals surface area (Å²) in [5.41, 5.74) is 7.58. The summed E-state index contributed by atoms with van der Waals surface area (Å²) in [5.74, 6) is 0.221. The topological polar surface area (TPSA) is 131 Å². The highest BCUT2D eigenvalue weighted by Crippen LogP contribution is 2.20. The molecule has 2 unspecified atom stereocenters. The maximum Gasteiger partial charge on any atom is 0.484 e. The first kappa shape index (κ1) is 28.8. The number of allylic oxidation sites excluding steroid dienone is 3. The zero-order valence-corrected chi connectivity index (χ0v) is 20.4. The quantitative estimate of drug-likeness (QED) is 0.237. The van der Waals surface area contributed by atoms with E-state index in [-0.39, 0.29) is 30.9 Å². The molecule has 0 spiro atoms. The number of alkyl halides is 3. The van der Waals surface area contributed by atoms with Gasteiger partial charge in [-0.05, 0) is 43.5 Å². The van der Waals surface area contributed by atoms with Crippen molar-refractivity contribution in [2.75, 3.05) is 26.8 Å². The molecule has 2 aliphatic heterocycles. The van der Waals surface area contributed by atoms with Gasteiger partial charge in [-0.15, -0.1) is 0 Å². The Bertz CT molecular complexity index is 933. The maximum atomic E-state index is 12.2. The lowest BCUT2D eigenvalue weighted by molar-refractivity contribution is -0.158. The van der Waals surface area contributed by atoms with Crippen molar-refractivity contribution in [1.29, 1.82) is 0 Å². The first-order chi connectivity index (χ1) is 17.1. The zero-order valence-electron chi connectivity index (χ0n) is 20.4. The van der Waals surface area contributed by atoms with Crippen LogP contribution in [0.3, 0.4) is 0 Å². The lowest BCUT2D eigenvalue weighted by Gasteiger charge is -2.29. The molecule has 1 aromatic rings. The molecule has 0 saturated heterocycles. The van der Waals surface area contributed by atoms with Crippen LogP contribution in [-0.2, 0) is 9.53 Å². The molecule has 1 aromatic heterocycles. The highest BCUT2D eigenvalue weighted by Gasteiger charge is 2.28. The molecular formula is C24H34F3N5O4. The van der Waals surface area contributed by atoms with Crippen LogP contribution in [0.4, 0.5) is 13.2 Å². The predicted molar refractivity (Wildman–Crippen MR) is 129 cm³/mol. The Morgan fingerprint density at radius 3 is 2.78 bits per heavy atom. The van der Waals surface area contributed by atoms with E-state index in [0.29, 0.717) is 18.8 Å². The van der Waals surface area contributed by atoms with Crippen LogP contribution in [0.2, 0.25) is 0 Å². The van der Waals surface area contributed by atoms with Crippen molar-refractivity contribution < 1.29 is 32.5 Å². The van der Waals surface area contributed by atoms with Gasteiger partial charge in [0.2, 0.25) is 5.88 Å². The molecule has 6 N–H and O–H groups in total. The van der Waals surface area contributed by atoms with Gasteiger partial charge in [0.05, 0.1) is 20.1 Å². The number of hydrogen-bond acceptors (Lipinski definition) is 8. The number of dihydropyridines is 1. The summed E-state index contributed by atoms with van der Waals surface area (Å²) >= 11 is 0. The lowest BCUT2D eigenvalue weighted by Crippen LogP contribution is -2.40. The molecule has 0 amide bonds. The number of nitrogens with one attached hydrogen (secondary N) is 3. The Morgan fingerprint density at radius 2 is 2.19 bits per heavy atom. The third kappa shape index (κ3) is 10.1. The molecule has 0 radical (unpaired) electrons. The molecule has 0 fully saturated rings. The number of carbonyl (C=O) groups is 1. The second-order valence-corrected chi connectivity index (χ2v) is 8.12. The normalized spacial score (nSPS) is 18.1. The van der Waals surface area contributed by atoms with Crippen molar-refractivity contribution in [3.8, 4) is 5.88 Å². The van der Waals surface area contributed by atoms with Crippen LogP contribution in [0, 0.1) is 0 Å². The van der Waals surface area contributed by atoms with E-state index in [4.69, 9.17) is 20.3 Å². The Balaban J connectivity index is 0.000000269. The van der Waals surface area contributed by atoms with E-state index in [1.165, 1.54) is 31.0 Å². The molecule has 12 heteroatoms. The first-order valence-corrected chi connectivity index (χ1v) is 11.6. The van der Waals surface area contributed by atoms with Gasteiger partial charge in [0.25, 0.3) is 0 Å². The van der Waals surface area contributed by atoms with Crippen LogP contribution < -0.4 is 26.4 Å².